The van der Waals surface area contributed by atoms with E-state index in [-0.39, 0.29) is 29.0 Å². The van der Waals surface area contributed by atoms with E-state index in [2.05, 4.69) is 10.4 Å². The third kappa shape index (κ3) is 5.21. The zero-order chi connectivity index (χ0) is 25.0. The molecule has 0 aliphatic heterocycles. The molecular weight excluding hydrogens is 435 g/mol. The SMILES string of the molecule is CCCC(C)Oc1cc(-n2nc(CC)n(C)c2=O)c(F)cc1C(=O)Nc1ccccc1C(C)C. The zero-order valence-electron chi connectivity index (χ0n) is 20.7. The highest BCUT2D eigenvalue weighted by atomic mass is 19.1. The standard InChI is InChI=1S/C26H33FN4O3/c1-7-11-17(5)34-23-15-22(31-26(33)30(6)24(8-2)29-31)20(27)14-19(23)25(32)28-21-13-10-9-12-18(21)16(3)4/h9-10,12-17H,7-8,11H2,1-6H3,(H,28,32). The van der Waals surface area contributed by atoms with Crippen molar-refractivity contribution in [1.29, 1.82) is 0 Å². The number of carbonyl (C=O) groups excluding carboxylic acids is 1. The average Bonchev–Trinajstić information content (AvgIpc) is 3.08. The maximum atomic E-state index is 15.3. The largest absolute Gasteiger partial charge is 0.490 e. The van der Waals surface area contributed by atoms with Crippen molar-refractivity contribution < 1.29 is 13.9 Å². The lowest BCUT2D eigenvalue weighted by Crippen LogP contribution is -2.24. The van der Waals surface area contributed by atoms with Crippen molar-refractivity contribution in [3.05, 3.63) is 69.7 Å². The number of halogens is 1. The molecule has 0 saturated heterocycles. The molecular formula is C26H33FN4O3. The van der Waals surface area contributed by atoms with Crippen LogP contribution in [0.3, 0.4) is 0 Å². The molecule has 34 heavy (non-hydrogen) atoms. The summed E-state index contributed by atoms with van der Waals surface area (Å²) in [6.07, 6.45) is 1.96. The van der Waals surface area contributed by atoms with E-state index in [4.69, 9.17) is 4.74 Å². The van der Waals surface area contributed by atoms with Gasteiger partial charge < -0.3 is 10.1 Å². The first kappa shape index (κ1) is 25.2. The van der Waals surface area contributed by atoms with E-state index in [0.717, 1.165) is 29.2 Å². The first-order valence-corrected chi connectivity index (χ1v) is 11.7. The quantitative estimate of drug-likeness (QED) is 0.467. The van der Waals surface area contributed by atoms with Crippen molar-refractivity contribution in [3.63, 3.8) is 0 Å². The lowest BCUT2D eigenvalue weighted by Gasteiger charge is -2.19. The number of nitrogens with one attached hydrogen (secondary N) is 1. The minimum absolute atomic E-state index is 0.0573. The van der Waals surface area contributed by atoms with Crippen LogP contribution < -0.4 is 15.7 Å². The molecule has 0 spiro atoms. The summed E-state index contributed by atoms with van der Waals surface area (Å²) in [5.74, 6) is -0.300. The van der Waals surface area contributed by atoms with E-state index in [1.165, 1.54) is 10.6 Å². The predicted octanol–water partition coefficient (Wildman–Crippen LogP) is 5.22. The lowest BCUT2D eigenvalue weighted by molar-refractivity contribution is 0.101. The number of carbonyl (C=O) groups is 1. The number of rotatable bonds is 9. The van der Waals surface area contributed by atoms with Gasteiger partial charge in [-0.3, -0.25) is 9.36 Å². The minimum atomic E-state index is -0.736. The van der Waals surface area contributed by atoms with Gasteiger partial charge in [-0.25, -0.2) is 9.18 Å². The Morgan fingerprint density at radius 2 is 1.88 bits per heavy atom. The van der Waals surface area contributed by atoms with E-state index < -0.39 is 17.4 Å². The first-order chi connectivity index (χ1) is 16.2. The van der Waals surface area contributed by atoms with E-state index in [1.54, 1.807) is 7.05 Å². The van der Waals surface area contributed by atoms with Gasteiger partial charge >= 0.3 is 5.69 Å². The maximum absolute atomic E-state index is 15.3. The van der Waals surface area contributed by atoms with Crippen molar-refractivity contribution in [2.24, 2.45) is 7.05 Å². The van der Waals surface area contributed by atoms with Gasteiger partial charge in [-0.2, -0.15) is 4.68 Å². The van der Waals surface area contributed by atoms with E-state index in [9.17, 15) is 9.59 Å². The molecule has 3 aromatic rings. The number of hydrogen-bond donors (Lipinski definition) is 1. The Labute approximate surface area is 199 Å². The molecule has 0 radical (unpaired) electrons. The van der Waals surface area contributed by atoms with Crippen molar-refractivity contribution in [2.45, 2.75) is 65.9 Å². The van der Waals surface area contributed by atoms with Crippen LogP contribution in [0.4, 0.5) is 10.1 Å². The molecule has 0 saturated carbocycles. The summed E-state index contributed by atoms with van der Waals surface area (Å²) in [5, 5.41) is 7.16. The van der Waals surface area contributed by atoms with Gasteiger partial charge in [-0.05, 0) is 37.0 Å². The van der Waals surface area contributed by atoms with Crippen LogP contribution in [0.5, 0.6) is 5.75 Å². The number of anilines is 1. The van der Waals surface area contributed by atoms with Gasteiger partial charge in [0, 0.05) is 25.2 Å². The molecule has 0 fully saturated rings. The third-order valence-electron chi connectivity index (χ3n) is 5.76. The second-order valence-electron chi connectivity index (χ2n) is 8.74. The third-order valence-corrected chi connectivity index (χ3v) is 5.76. The van der Waals surface area contributed by atoms with Crippen molar-refractivity contribution in [2.75, 3.05) is 5.32 Å². The van der Waals surface area contributed by atoms with Gasteiger partial charge in [0.25, 0.3) is 5.91 Å². The Kier molecular flexibility index (Phi) is 7.91. The summed E-state index contributed by atoms with van der Waals surface area (Å²) < 4.78 is 23.7. The molecule has 8 heteroatoms. The van der Waals surface area contributed by atoms with Crippen molar-refractivity contribution in [3.8, 4) is 11.4 Å². The average molecular weight is 469 g/mol. The maximum Gasteiger partial charge on any atom is 0.350 e. The predicted molar refractivity (Wildman–Crippen MR) is 132 cm³/mol. The first-order valence-electron chi connectivity index (χ1n) is 11.7. The van der Waals surface area contributed by atoms with Crippen LogP contribution in [-0.2, 0) is 13.5 Å². The van der Waals surface area contributed by atoms with E-state index >= 15 is 4.39 Å². The molecule has 1 atom stereocenters. The number of hydrogen-bond acceptors (Lipinski definition) is 4. The Morgan fingerprint density at radius 3 is 2.50 bits per heavy atom. The fourth-order valence-electron chi connectivity index (χ4n) is 3.91. The molecule has 2 aromatic carbocycles. The fraction of sp³-hybridized carbons (Fsp3) is 0.423. The van der Waals surface area contributed by atoms with Gasteiger partial charge in [0.1, 0.15) is 23.1 Å². The topological polar surface area (TPSA) is 78.2 Å². The van der Waals surface area contributed by atoms with Gasteiger partial charge in [0.15, 0.2) is 0 Å². The number of amides is 1. The smallest absolute Gasteiger partial charge is 0.350 e. The summed E-state index contributed by atoms with van der Waals surface area (Å²) in [4.78, 5) is 25.9. The molecule has 1 unspecified atom stereocenters. The van der Waals surface area contributed by atoms with Crippen LogP contribution >= 0.6 is 0 Å². The van der Waals surface area contributed by atoms with Crippen LogP contribution in [-0.4, -0.2) is 26.4 Å². The molecule has 3 rings (SSSR count). The number of benzene rings is 2. The molecule has 1 heterocycles. The lowest BCUT2D eigenvalue weighted by atomic mass is 10.0. The summed E-state index contributed by atoms with van der Waals surface area (Å²) in [6, 6.07) is 10.0. The molecule has 0 bridgehead atoms. The highest BCUT2D eigenvalue weighted by molar-refractivity contribution is 6.06. The van der Waals surface area contributed by atoms with Crippen molar-refractivity contribution in [1.82, 2.24) is 14.3 Å². The fourth-order valence-corrected chi connectivity index (χ4v) is 3.91. The summed E-state index contributed by atoms with van der Waals surface area (Å²) in [5.41, 5.74) is 1.17. The molecule has 182 valence electrons. The van der Waals surface area contributed by atoms with Gasteiger partial charge in [-0.15, -0.1) is 5.10 Å². The number of ether oxygens (including phenoxy) is 1. The highest BCUT2D eigenvalue weighted by Crippen LogP contribution is 2.29. The minimum Gasteiger partial charge on any atom is -0.490 e. The van der Waals surface area contributed by atoms with E-state index in [1.807, 2.05) is 58.9 Å². The number of nitrogens with zero attached hydrogens (tertiary/aromatic N) is 3. The normalized spacial score (nSPS) is 12.1. The summed E-state index contributed by atoms with van der Waals surface area (Å²) >= 11 is 0. The van der Waals surface area contributed by atoms with Crippen LogP contribution in [0.25, 0.3) is 5.69 Å². The van der Waals surface area contributed by atoms with Gasteiger partial charge in [0.05, 0.1) is 11.7 Å². The van der Waals surface area contributed by atoms with Crippen LogP contribution in [0, 0.1) is 5.82 Å². The number of para-hydroxylation sites is 1. The van der Waals surface area contributed by atoms with Crippen LogP contribution in [0.15, 0.2) is 41.2 Å². The Bertz CT molecular complexity index is 1230. The Balaban J connectivity index is 2.09. The second kappa shape index (κ2) is 10.7. The Morgan fingerprint density at radius 1 is 1.18 bits per heavy atom. The number of aryl methyl sites for hydroxylation is 1. The molecule has 1 aromatic heterocycles. The van der Waals surface area contributed by atoms with Crippen LogP contribution in [0.1, 0.15) is 75.1 Å². The van der Waals surface area contributed by atoms with Crippen LogP contribution in [0.2, 0.25) is 0 Å². The molecule has 1 N–H and O–H groups in total. The van der Waals surface area contributed by atoms with E-state index in [0.29, 0.717) is 17.9 Å². The monoisotopic (exact) mass is 468 g/mol. The zero-order valence-corrected chi connectivity index (χ0v) is 20.7. The molecule has 0 aliphatic rings. The molecule has 1 amide bonds. The Hall–Kier alpha value is -3.42. The molecule has 7 nitrogen and oxygen atoms in total. The summed E-state index contributed by atoms with van der Waals surface area (Å²) in [6.45, 7) is 9.87. The molecule has 0 aliphatic carbocycles. The highest BCUT2D eigenvalue weighted by Gasteiger charge is 2.23. The number of aromatic nitrogens is 3. The van der Waals surface area contributed by atoms with Gasteiger partial charge in [-0.1, -0.05) is 52.3 Å². The second-order valence-corrected chi connectivity index (χ2v) is 8.74. The summed E-state index contributed by atoms with van der Waals surface area (Å²) in [7, 11) is 1.59. The van der Waals surface area contributed by atoms with Gasteiger partial charge in [0.2, 0.25) is 0 Å². The van der Waals surface area contributed by atoms with Crippen molar-refractivity contribution >= 4 is 11.6 Å².